The summed E-state index contributed by atoms with van der Waals surface area (Å²) in [6.45, 7) is 0. The van der Waals surface area contributed by atoms with Gasteiger partial charge in [0.15, 0.2) is 5.69 Å². The number of benzene rings is 1. The predicted octanol–water partition coefficient (Wildman–Crippen LogP) is 1.64. The van der Waals surface area contributed by atoms with Gasteiger partial charge in [-0.1, -0.05) is 16.8 Å². The fraction of sp³-hybridized carbons (Fsp3) is 0.182. The van der Waals surface area contributed by atoms with E-state index in [2.05, 4.69) is 10.3 Å². The number of hydrogen-bond donors (Lipinski definition) is 1. The zero-order valence-electron chi connectivity index (χ0n) is 10.1. The summed E-state index contributed by atoms with van der Waals surface area (Å²) in [5.41, 5.74) is 0.279. The summed E-state index contributed by atoms with van der Waals surface area (Å²) in [7, 11) is 2.90. The van der Waals surface area contributed by atoms with E-state index in [4.69, 9.17) is 26.2 Å². The molecule has 1 heterocycles. The molecular formula is C11H10ClN3O4. The lowest BCUT2D eigenvalue weighted by atomic mass is 10.2. The number of carbonyl (C=O) groups is 1. The van der Waals surface area contributed by atoms with Crippen molar-refractivity contribution in [3.63, 3.8) is 0 Å². The lowest BCUT2D eigenvalue weighted by molar-refractivity contribution is 0.0687. The summed E-state index contributed by atoms with van der Waals surface area (Å²) in [6.07, 6.45) is 1.14. The number of carboxylic acids is 1. The lowest BCUT2D eigenvalue weighted by Crippen LogP contribution is -2.09. The summed E-state index contributed by atoms with van der Waals surface area (Å²) >= 11 is 5.98. The first-order valence-corrected chi connectivity index (χ1v) is 5.52. The van der Waals surface area contributed by atoms with E-state index in [0.717, 1.165) is 10.9 Å². The van der Waals surface area contributed by atoms with Crippen LogP contribution < -0.4 is 9.47 Å². The fourth-order valence-corrected chi connectivity index (χ4v) is 1.80. The van der Waals surface area contributed by atoms with E-state index in [9.17, 15) is 4.79 Å². The molecule has 0 spiro atoms. The molecule has 7 nitrogen and oxygen atoms in total. The Morgan fingerprint density at radius 1 is 1.32 bits per heavy atom. The van der Waals surface area contributed by atoms with E-state index < -0.39 is 5.97 Å². The van der Waals surface area contributed by atoms with Crippen LogP contribution >= 0.6 is 11.6 Å². The van der Waals surface area contributed by atoms with Crippen LogP contribution in [0.3, 0.4) is 0 Å². The topological polar surface area (TPSA) is 86.5 Å². The summed E-state index contributed by atoms with van der Waals surface area (Å²) < 4.78 is 11.4. The Labute approximate surface area is 113 Å². The SMILES string of the molecule is COc1cc(-n2nncc2C(=O)O)c(OC)cc1Cl. The molecule has 0 atom stereocenters. The van der Waals surface area contributed by atoms with Crippen molar-refractivity contribution in [1.82, 2.24) is 15.0 Å². The molecule has 100 valence electrons. The molecule has 1 aromatic heterocycles. The molecule has 2 aromatic rings. The third kappa shape index (κ3) is 2.32. The number of ether oxygens (including phenoxy) is 2. The minimum atomic E-state index is -1.15. The molecule has 0 bridgehead atoms. The molecule has 1 N–H and O–H groups in total. The average molecular weight is 284 g/mol. The molecule has 0 radical (unpaired) electrons. The van der Waals surface area contributed by atoms with Gasteiger partial charge in [0.25, 0.3) is 0 Å². The molecule has 1 aromatic carbocycles. The van der Waals surface area contributed by atoms with E-state index in [1.54, 1.807) is 0 Å². The highest BCUT2D eigenvalue weighted by molar-refractivity contribution is 6.32. The Hall–Kier alpha value is -2.28. The van der Waals surface area contributed by atoms with Crippen LogP contribution in [0.1, 0.15) is 10.5 Å². The Kier molecular flexibility index (Phi) is 3.57. The zero-order valence-corrected chi connectivity index (χ0v) is 10.9. The van der Waals surface area contributed by atoms with Crippen molar-refractivity contribution in [2.75, 3.05) is 14.2 Å². The van der Waals surface area contributed by atoms with Gasteiger partial charge >= 0.3 is 5.97 Å². The Morgan fingerprint density at radius 2 is 2.00 bits per heavy atom. The highest BCUT2D eigenvalue weighted by Gasteiger charge is 2.18. The van der Waals surface area contributed by atoms with E-state index in [-0.39, 0.29) is 5.69 Å². The number of methoxy groups -OCH3 is 2. The van der Waals surface area contributed by atoms with Crippen molar-refractivity contribution in [2.24, 2.45) is 0 Å². The van der Waals surface area contributed by atoms with Crippen molar-refractivity contribution in [2.45, 2.75) is 0 Å². The summed E-state index contributed by atoms with van der Waals surface area (Å²) in [5, 5.41) is 16.7. The van der Waals surface area contributed by atoms with E-state index >= 15 is 0 Å². The van der Waals surface area contributed by atoms with Gasteiger partial charge in [-0.2, -0.15) is 0 Å². The number of carboxylic acid groups (broad SMARTS) is 1. The Bertz CT molecular complexity index is 626. The van der Waals surface area contributed by atoms with Gasteiger partial charge in [0.2, 0.25) is 0 Å². The second-order valence-corrected chi connectivity index (χ2v) is 3.90. The van der Waals surface area contributed by atoms with Crippen LogP contribution in [-0.4, -0.2) is 40.3 Å². The molecule has 0 saturated carbocycles. The minimum Gasteiger partial charge on any atom is -0.495 e. The van der Waals surface area contributed by atoms with Crippen molar-refractivity contribution in [3.8, 4) is 17.2 Å². The fourth-order valence-electron chi connectivity index (χ4n) is 1.57. The monoisotopic (exact) mass is 283 g/mol. The van der Waals surface area contributed by atoms with Crippen molar-refractivity contribution in [1.29, 1.82) is 0 Å². The lowest BCUT2D eigenvalue weighted by Gasteiger charge is -2.12. The van der Waals surface area contributed by atoms with Gasteiger partial charge in [-0.25, -0.2) is 9.48 Å². The van der Waals surface area contributed by atoms with Crippen LogP contribution in [0.25, 0.3) is 5.69 Å². The molecule has 0 aliphatic rings. The van der Waals surface area contributed by atoms with Crippen molar-refractivity contribution >= 4 is 17.6 Å². The molecule has 0 fully saturated rings. The summed E-state index contributed by atoms with van der Waals surface area (Å²) in [4.78, 5) is 11.1. The predicted molar refractivity (Wildman–Crippen MR) is 66.4 cm³/mol. The van der Waals surface area contributed by atoms with Crippen molar-refractivity contribution in [3.05, 3.63) is 29.0 Å². The molecule has 0 saturated heterocycles. The molecule has 0 unspecified atom stereocenters. The maximum Gasteiger partial charge on any atom is 0.356 e. The molecule has 2 rings (SSSR count). The van der Waals surface area contributed by atoms with Crippen LogP contribution in [-0.2, 0) is 0 Å². The number of aromatic carboxylic acids is 1. The Morgan fingerprint density at radius 3 is 2.58 bits per heavy atom. The van der Waals surface area contributed by atoms with Crippen LogP contribution in [0.4, 0.5) is 0 Å². The van der Waals surface area contributed by atoms with E-state index in [1.807, 2.05) is 0 Å². The third-order valence-corrected chi connectivity index (χ3v) is 2.75. The van der Waals surface area contributed by atoms with E-state index in [0.29, 0.717) is 22.2 Å². The van der Waals surface area contributed by atoms with E-state index in [1.165, 1.54) is 26.4 Å². The van der Waals surface area contributed by atoms with Crippen LogP contribution in [0, 0.1) is 0 Å². The number of rotatable bonds is 4. The largest absolute Gasteiger partial charge is 0.495 e. The summed E-state index contributed by atoms with van der Waals surface area (Å²) in [6, 6.07) is 3.05. The first kappa shape index (κ1) is 13.2. The Balaban J connectivity index is 2.66. The van der Waals surface area contributed by atoms with Gasteiger partial charge in [0.05, 0.1) is 25.4 Å². The van der Waals surface area contributed by atoms with Crippen LogP contribution in [0.2, 0.25) is 5.02 Å². The molecule has 0 aliphatic carbocycles. The number of halogens is 1. The number of hydrogen-bond acceptors (Lipinski definition) is 5. The molecule has 0 amide bonds. The van der Waals surface area contributed by atoms with Crippen LogP contribution in [0.15, 0.2) is 18.3 Å². The molecule has 19 heavy (non-hydrogen) atoms. The quantitative estimate of drug-likeness (QED) is 0.918. The average Bonchev–Trinajstić information content (AvgIpc) is 2.87. The zero-order chi connectivity index (χ0) is 14.0. The minimum absolute atomic E-state index is 0.0947. The maximum absolute atomic E-state index is 11.1. The van der Waals surface area contributed by atoms with Crippen LogP contribution in [0.5, 0.6) is 11.5 Å². The third-order valence-electron chi connectivity index (χ3n) is 2.45. The molecular weight excluding hydrogens is 274 g/mol. The van der Waals surface area contributed by atoms with Crippen molar-refractivity contribution < 1.29 is 19.4 Å². The second kappa shape index (κ2) is 5.15. The molecule has 0 aliphatic heterocycles. The normalized spacial score (nSPS) is 10.3. The highest BCUT2D eigenvalue weighted by atomic mass is 35.5. The smallest absolute Gasteiger partial charge is 0.356 e. The molecule has 8 heteroatoms. The first-order chi connectivity index (χ1) is 9.08. The highest BCUT2D eigenvalue weighted by Crippen LogP contribution is 2.34. The van der Waals surface area contributed by atoms with Gasteiger partial charge in [-0.05, 0) is 0 Å². The standard InChI is InChI=1S/C11H10ClN3O4/c1-18-9-4-7(10(19-2)3-6(9)12)15-8(11(16)17)5-13-14-15/h3-5H,1-2H3,(H,16,17). The number of aromatic nitrogens is 3. The van der Waals surface area contributed by atoms with Gasteiger partial charge in [0, 0.05) is 12.1 Å². The second-order valence-electron chi connectivity index (χ2n) is 3.49. The summed E-state index contributed by atoms with van der Waals surface area (Å²) in [5.74, 6) is -0.413. The van der Waals surface area contributed by atoms with Gasteiger partial charge < -0.3 is 14.6 Å². The number of nitrogens with zero attached hydrogens (tertiary/aromatic N) is 3. The van der Waals surface area contributed by atoms with Gasteiger partial charge in [-0.3, -0.25) is 0 Å². The van der Waals surface area contributed by atoms with Gasteiger partial charge in [0.1, 0.15) is 17.2 Å². The first-order valence-electron chi connectivity index (χ1n) is 5.14. The van der Waals surface area contributed by atoms with Gasteiger partial charge in [-0.15, -0.1) is 5.10 Å². The maximum atomic E-state index is 11.1.